The monoisotopic (exact) mass is 612 g/mol. The van der Waals surface area contributed by atoms with Crippen LogP contribution in [0.2, 0.25) is 0 Å². The zero-order chi connectivity index (χ0) is 26.9. The SMILES string of the molecule is CCC[N-]c1cccc(-c2c(C)cc(C)cc2C)n1.CC[N-]c1cccc(-c2c(C)cc(C)cc2C)n1.[CH3-].[CH3-].[Zr+4]. The van der Waals surface area contributed by atoms with Gasteiger partial charge in [0.2, 0.25) is 0 Å². The average Bonchev–Trinajstić information content (AvgIpc) is 2.83. The molecule has 2 aromatic carbocycles. The van der Waals surface area contributed by atoms with Crippen LogP contribution in [0.1, 0.15) is 53.6 Å². The van der Waals surface area contributed by atoms with Gasteiger partial charge in [0, 0.05) is 0 Å². The van der Waals surface area contributed by atoms with Crippen LogP contribution in [0.25, 0.3) is 33.1 Å². The number of rotatable bonds is 7. The van der Waals surface area contributed by atoms with E-state index in [0.717, 1.165) is 42.5 Å². The topological polar surface area (TPSA) is 54.0 Å². The second-order valence-corrected chi connectivity index (χ2v) is 9.67. The van der Waals surface area contributed by atoms with Gasteiger partial charge in [-0.25, -0.2) is 0 Å². The summed E-state index contributed by atoms with van der Waals surface area (Å²) in [5, 5.41) is 8.84. The summed E-state index contributed by atoms with van der Waals surface area (Å²) in [6.07, 6.45) is 1.05. The van der Waals surface area contributed by atoms with E-state index in [0.29, 0.717) is 0 Å². The fraction of sp³-hybridized carbons (Fsp3) is 0.314. The largest absolute Gasteiger partial charge is 4.00 e. The van der Waals surface area contributed by atoms with Crippen LogP contribution in [-0.4, -0.2) is 23.1 Å². The number of benzene rings is 2. The van der Waals surface area contributed by atoms with Crippen molar-refractivity contribution in [3.63, 3.8) is 0 Å². The second-order valence-electron chi connectivity index (χ2n) is 9.67. The van der Waals surface area contributed by atoms with Gasteiger partial charge in [0.25, 0.3) is 0 Å². The van der Waals surface area contributed by atoms with Gasteiger partial charge in [-0.15, -0.1) is 0 Å². The molecule has 0 aliphatic heterocycles. The molecule has 4 rings (SSSR count). The minimum Gasteiger partial charge on any atom is -0.466 e. The van der Waals surface area contributed by atoms with Crippen molar-refractivity contribution < 1.29 is 26.2 Å². The Kier molecular flexibility index (Phi) is 16.6. The van der Waals surface area contributed by atoms with E-state index >= 15 is 0 Å². The molecule has 210 valence electrons. The third-order valence-corrected chi connectivity index (χ3v) is 6.15. The summed E-state index contributed by atoms with van der Waals surface area (Å²) in [4.78, 5) is 9.28. The maximum absolute atomic E-state index is 4.67. The summed E-state index contributed by atoms with van der Waals surface area (Å²) in [7, 11) is 0. The van der Waals surface area contributed by atoms with E-state index in [2.05, 4.69) is 105 Å². The molecule has 4 aromatic rings. The first-order valence-electron chi connectivity index (χ1n) is 13.2. The van der Waals surface area contributed by atoms with Gasteiger partial charge in [-0.1, -0.05) is 117 Å². The van der Waals surface area contributed by atoms with Crippen LogP contribution in [0.5, 0.6) is 0 Å². The molecule has 0 saturated heterocycles. The van der Waals surface area contributed by atoms with Crippen LogP contribution in [0, 0.1) is 56.4 Å². The molecule has 5 heteroatoms. The maximum atomic E-state index is 4.67. The number of aromatic nitrogens is 2. The fourth-order valence-corrected chi connectivity index (χ4v) is 4.86. The van der Waals surface area contributed by atoms with Gasteiger partial charge in [-0.2, -0.15) is 0 Å². The predicted molar refractivity (Wildman–Crippen MR) is 172 cm³/mol. The van der Waals surface area contributed by atoms with Gasteiger partial charge in [0.1, 0.15) is 0 Å². The van der Waals surface area contributed by atoms with Crippen molar-refractivity contribution in [1.29, 1.82) is 0 Å². The zero-order valence-electron chi connectivity index (χ0n) is 26.2. The first kappa shape index (κ1) is 37.2. The maximum Gasteiger partial charge on any atom is 4.00 e. The van der Waals surface area contributed by atoms with Gasteiger partial charge in [0.15, 0.2) is 0 Å². The van der Waals surface area contributed by atoms with E-state index in [4.69, 9.17) is 0 Å². The van der Waals surface area contributed by atoms with Crippen LogP contribution in [0.15, 0.2) is 60.7 Å². The van der Waals surface area contributed by atoms with Crippen molar-refractivity contribution in [2.75, 3.05) is 13.1 Å². The van der Waals surface area contributed by atoms with Crippen molar-refractivity contribution in [3.8, 4) is 22.5 Å². The predicted octanol–water partition coefficient (Wildman–Crippen LogP) is 10.7. The van der Waals surface area contributed by atoms with E-state index in [1.165, 1.54) is 44.5 Å². The van der Waals surface area contributed by atoms with Gasteiger partial charge in [-0.3, -0.25) is 0 Å². The standard InChI is InChI=1S/C17H21N2.C16H19N2.2CH3.Zr/c1-5-9-18-16-8-6-7-15(19-16)17-13(3)10-12(2)11-14(17)4;1-5-17-15-8-6-7-14(18-15)16-12(3)9-11(2)10-13(16)4;;;/h6-8,10-11H,5,9H2,1-4H3;6-10H,5H2,1-4H3;2*1H3;/q4*-1;+4. The van der Waals surface area contributed by atoms with Crippen LogP contribution >= 0.6 is 0 Å². The Balaban J connectivity index is 0.000000708. The summed E-state index contributed by atoms with van der Waals surface area (Å²) in [5.41, 5.74) is 12.2. The number of pyridine rings is 2. The first-order chi connectivity index (χ1) is 17.7. The van der Waals surface area contributed by atoms with E-state index in [1.54, 1.807) is 0 Å². The molecule has 2 aromatic heterocycles. The number of hydrogen-bond donors (Lipinski definition) is 0. The molecular formula is C35H46N4Zr. The summed E-state index contributed by atoms with van der Waals surface area (Å²) in [6.45, 7) is 18.6. The van der Waals surface area contributed by atoms with Crippen LogP contribution in [0.4, 0.5) is 11.6 Å². The van der Waals surface area contributed by atoms with Gasteiger partial charge < -0.3 is 35.5 Å². The zero-order valence-corrected chi connectivity index (χ0v) is 28.6. The summed E-state index contributed by atoms with van der Waals surface area (Å²) >= 11 is 0. The molecular weight excluding hydrogens is 568 g/mol. The molecule has 0 spiro atoms. The van der Waals surface area contributed by atoms with Gasteiger partial charge in [-0.05, 0) is 86.3 Å². The van der Waals surface area contributed by atoms with Crippen molar-refractivity contribution in [1.82, 2.24) is 9.97 Å². The van der Waals surface area contributed by atoms with E-state index in [-0.39, 0.29) is 41.1 Å². The molecule has 40 heavy (non-hydrogen) atoms. The molecule has 4 nitrogen and oxygen atoms in total. The van der Waals surface area contributed by atoms with Gasteiger partial charge >= 0.3 is 26.2 Å². The summed E-state index contributed by atoms with van der Waals surface area (Å²) in [5.74, 6) is 1.65. The van der Waals surface area contributed by atoms with E-state index in [9.17, 15) is 0 Å². The van der Waals surface area contributed by atoms with Crippen molar-refractivity contribution >= 4 is 11.6 Å². The Morgan fingerprint density at radius 1 is 0.575 bits per heavy atom. The second kappa shape index (κ2) is 17.8. The van der Waals surface area contributed by atoms with Gasteiger partial charge in [0.05, 0.1) is 0 Å². The normalized spacial score (nSPS) is 9.70. The van der Waals surface area contributed by atoms with Crippen LogP contribution in [-0.2, 0) is 26.2 Å². The minimum absolute atomic E-state index is 0. The molecule has 2 heterocycles. The first-order valence-corrected chi connectivity index (χ1v) is 13.2. The molecule has 0 saturated carbocycles. The number of hydrogen-bond acceptors (Lipinski definition) is 2. The molecule has 0 atom stereocenters. The average molecular weight is 614 g/mol. The third-order valence-electron chi connectivity index (χ3n) is 6.15. The molecule has 0 aliphatic carbocycles. The summed E-state index contributed by atoms with van der Waals surface area (Å²) < 4.78 is 0. The Hall–Kier alpha value is -2.78. The van der Waals surface area contributed by atoms with Crippen LogP contribution < -0.4 is 0 Å². The number of nitrogens with zero attached hydrogens (tertiary/aromatic N) is 4. The van der Waals surface area contributed by atoms with Crippen molar-refractivity contribution in [3.05, 3.63) is 120 Å². The molecule has 0 bridgehead atoms. The van der Waals surface area contributed by atoms with Crippen molar-refractivity contribution in [2.45, 2.75) is 61.8 Å². The number of aryl methyl sites for hydroxylation is 6. The Morgan fingerprint density at radius 3 is 1.30 bits per heavy atom. The smallest absolute Gasteiger partial charge is 0.466 e. The molecule has 0 fully saturated rings. The Bertz CT molecular complexity index is 1300. The molecule has 0 unspecified atom stereocenters. The molecule has 0 aliphatic rings. The van der Waals surface area contributed by atoms with E-state index < -0.39 is 0 Å². The molecule has 0 N–H and O–H groups in total. The Morgan fingerprint density at radius 2 is 0.950 bits per heavy atom. The van der Waals surface area contributed by atoms with Crippen LogP contribution in [0.3, 0.4) is 0 Å². The quantitative estimate of drug-likeness (QED) is 0.195. The third kappa shape index (κ3) is 10.0. The minimum atomic E-state index is 0. The molecule has 0 amide bonds. The fourth-order valence-electron chi connectivity index (χ4n) is 4.86. The Labute approximate surface area is 263 Å². The van der Waals surface area contributed by atoms with Crippen molar-refractivity contribution in [2.24, 2.45) is 0 Å². The summed E-state index contributed by atoms with van der Waals surface area (Å²) in [6, 6.07) is 20.9. The van der Waals surface area contributed by atoms with E-state index in [1.807, 2.05) is 31.2 Å². The molecule has 0 radical (unpaired) electrons.